The molecular weight excluding hydrogens is 308 g/mol. The van der Waals surface area contributed by atoms with Crippen molar-refractivity contribution in [2.45, 2.75) is 37.8 Å². The van der Waals surface area contributed by atoms with Crippen molar-refractivity contribution < 1.29 is 9.21 Å². The zero-order chi connectivity index (χ0) is 14.7. The normalized spacial score (nSPS) is 13.4. The van der Waals surface area contributed by atoms with Gasteiger partial charge in [-0.25, -0.2) is 4.98 Å². The van der Waals surface area contributed by atoms with E-state index in [9.17, 15) is 4.79 Å². The molecule has 6 nitrogen and oxygen atoms in total. The summed E-state index contributed by atoms with van der Waals surface area (Å²) in [5, 5.41) is 12.0. The average molecular weight is 324 g/mol. The highest BCUT2D eigenvalue weighted by atomic mass is 32.2. The summed E-state index contributed by atoms with van der Waals surface area (Å²) in [6, 6.07) is 0. The fourth-order valence-electron chi connectivity index (χ4n) is 2.17. The van der Waals surface area contributed by atoms with E-state index < -0.39 is 0 Å². The first-order valence-electron chi connectivity index (χ1n) is 6.88. The quantitative estimate of drug-likeness (QED) is 0.816. The van der Waals surface area contributed by atoms with Crippen LogP contribution in [0.3, 0.4) is 0 Å². The molecule has 2 aromatic heterocycles. The number of carbonyl (C=O) groups is 1. The topological polar surface area (TPSA) is 80.9 Å². The number of nitrogens with zero attached hydrogens (tertiary/aromatic N) is 3. The minimum atomic E-state index is -0.0278. The predicted molar refractivity (Wildman–Crippen MR) is 80.6 cm³/mol. The number of hydrogen-bond acceptors (Lipinski definition) is 7. The smallest absolute Gasteiger partial charge is 0.277 e. The Morgan fingerprint density at radius 3 is 3.10 bits per heavy atom. The van der Waals surface area contributed by atoms with E-state index in [0.717, 1.165) is 17.8 Å². The Balaban J connectivity index is 1.37. The molecule has 1 N–H and O–H groups in total. The summed E-state index contributed by atoms with van der Waals surface area (Å²) in [6.45, 7) is 2.34. The maximum atomic E-state index is 11.7. The Bertz CT molecular complexity index is 616. The molecule has 0 aromatic carbocycles. The van der Waals surface area contributed by atoms with Crippen molar-refractivity contribution in [3.63, 3.8) is 0 Å². The number of hydrogen-bond donors (Lipinski definition) is 1. The zero-order valence-electron chi connectivity index (χ0n) is 11.7. The van der Waals surface area contributed by atoms with E-state index in [4.69, 9.17) is 4.42 Å². The van der Waals surface area contributed by atoms with Gasteiger partial charge in [-0.1, -0.05) is 11.8 Å². The molecule has 0 spiro atoms. The van der Waals surface area contributed by atoms with Gasteiger partial charge >= 0.3 is 0 Å². The minimum Gasteiger partial charge on any atom is -0.416 e. The van der Waals surface area contributed by atoms with Crippen molar-refractivity contribution >= 4 is 29.0 Å². The summed E-state index contributed by atoms with van der Waals surface area (Å²) in [7, 11) is 0. The van der Waals surface area contributed by atoms with Gasteiger partial charge in [0.25, 0.3) is 5.22 Å². The van der Waals surface area contributed by atoms with Crippen LogP contribution in [0.4, 0.5) is 0 Å². The molecule has 0 fully saturated rings. The van der Waals surface area contributed by atoms with Crippen LogP contribution < -0.4 is 5.32 Å². The Morgan fingerprint density at radius 1 is 1.43 bits per heavy atom. The van der Waals surface area contributed by atoms with Crippen LogP contribution in [-0.4, -0.2) is 33.4 Å². The SMILES string of the molecule is Cc1nnc(SCC(=O)NCCc2nc3c(s2)CCC3)o1. The lowest BCUT2D eigenvalue weighted by Crippen LogP contribution is -2.27. The van der Waals surface area contributed by atoms with E-state index >= 15 is 0 Å². The van der Waals surface area contributed by atoms with E-state index in [2.05, 4.69) is 20.5 Å². The molecule has 0 bridgehead atoms. The molecule has 0 atom stereocenters. The van der Waals surface area contributed by atoms with Gasteiger partial charge in [-0.05, 0) is 19.3 Å². The molecule has 1 aliphatic carbocycles. The third kappa shape index (κ3) is 3.82. The first kappa shape index (κ1) is 14.5. The number of fused-ring (bicyclic) bond motifs is 1. The van der Waals surface area contributed by atoms with Crippen molar-refractivity contribution in [2.24, 2.45) is 0 Å². The molecule has 2 heterocycles. The van der Waals surface area contributed by atoms with E-state index in [1.54, 1.807) is 18.3 Å². The molecule has 1 aliphatic rings. The van der Waals surface area contributed by atoms with Crippen LogP contribution >= 0.6 is 23.1 Å². The molecular formula is C13H16N4O2S2. The molecule has 0 radical (unpaired) electrons. The van der Waals surface area contributed by atoms with Crippen LogP contribution in [0.2, 0.25) is 0 Å². The van der Waals surface area contributed by atoms with Crippen molar-refractivity contribution in [3.05, 3.63) is 21.5 Å². The number of aryl methyl sites for hydroxylation is 3. The van der Waals surface area contributed by atoms with Crippen LogP contribution in [0.1, 0.15) is 27.9 Å². The fourth-order valence-corrected chi connectivity index (χ4v) is 3.97. The van der Waals surface area contributed by atoms with E-state index in [1.165, 1.54) is 35.2 Å². The number of amides is 1. The number of thioether (sulfide) groups is 1. The molecule has 1 amide bonds. The Hall–Kier alpha value is -1.41. The number of nitrogens with one attached hydrogen (secondary N) is 1. The molecule has 0 saturated heterocycles. The van der Waals surface area contributed by atoms with Crippen molar-refractivity contribution in [3.8, 4) is 0 Å². The van der Waals surface area contributed by atoms with Crippen LogP contribution in [0.5, 0.6) is 0 Å². The maximum Gasteiger partial charge on any atom is 0.277 e. The highest BCUT2D eigenvalue weighted by Gasteiger charge is 2.16. The van der Waals surface area contributed by atoms with Gasteiger partial charge in [-0.15, -0.1) is 21.5 Å². The molecule has 2 aromatic rings. The second kappa shape index (κ2) is 6.57. The van der Waals surface area contributed by atoms with Gasteiger partial charge in [0, 0.05) is 24.8 Å². The number of aromatic nitrogens is 3. The fraction of sp³-hybridized carbons (Fsp3) is 0.538. The summed E-state index contributed by atoms with van der Waals surface area (Å²) >= 11 is 3.04. The third-order valence-corrected chi connectivity index (χ3v) is 5.17. The van der Waals surface area contributed by atoms with Gasteiger partial charge in [-0.3, -0.25) is 4.79 Å². The lowest BCUT2D eigenvalue weighted by atomic mass is 10.3. The van der Waals surface area contributed by atoms with E-state index in [0.29, 0.717) is 17.7 Å². The maximum absolute atomic E-state index is 11.7. The van der Waals surface area contributed by atoms with Gasteiger partial charge in [0.1, 0.15) is 0 Å². The van der Waals surface area contributed by atoms with Crippen molar-refractivity contribution in [2.75, 3.05) is 12.3 Å². The first-order valence-corrected chi connectivity index (χ1v) is 8.68. The van der Waals surface area contributed by atoms with Crippen LogP contribution in [-0.2, 0) is 24.1 Å². The largest absolute Gasteiger partial charge is 0.416 e. The predicted octanol–water partition coefficient (Wildman–Crippen LogP) is 1.77. The van der Waals surface area contributed by atoms with Gasteiger partial charge in [0.15, 0.2) is 0 Å². The lowest BCUT2D eigenvalue weighted by Gasteiger charge is -2.02. The highest BCUT2D eigenvalue weighted by molar-refractivity contribution is 7.99. The number of thiazole rings is 1. The van der Waals surface area contributed by atoms with Gasteiger partial charge in [0.2, 0.25) is 11.8 Å². The number of carbonyl (C=O) groups excluding carboxylic acids is 1. The van der Waals surface area contributed by atoms with E-state index in [-0.39, 0.29) is 11.7 Å². The molecule has 112 valence electrons. The van der Waals surface area contributed by atoms with Crippen molar-refractivity contribution in [1.82, 2.24) is 20.5 Å². The zero-order valence-corrected chi connectivity index (χ0v) is 13.4. The Morgan fingerprint density at radius 2 is 2.33 bits per heavy atom. The van der Waals surface area contributed by atoms with E-state index in [1.807, 2.05) is 0 Å². The molecule has 0 aliphatic heterocycles. The molecule has 8 heteroatoms. The minimum absolute atomic E-state index is 0.0278. The molecule has 3 rings (SSSR count). The van der Waals surface area contributed by atoms with Gasteiger partial charge in [0.05, 0.1) is 16.5 Å². The summed E-state index contributed by atoms with van der Waals surface area (Å²) in [5.74, 6) is 0.769. The molecule has 21 heavy (non-hydrogen) atoms. The first-order chi connectivity index (χ1) is 10.2. The molecule has 0 saturated carbocycles. The monoisotopic (exact) mass is 324 g/mol. The summed E-state index contributed by atoms with van der Waals surface area (Å²) in [5.41, 5.74) is 1.27. The van der Waals surface area contributed by atoms with Crippen LogP contribution in [0.25, 0.3) is 0 Å². The van der Waals surface area contributed by atoms with Gasteiger partial charge < -0.3 is 9.73 Å². The summed E-state index contributed by atoms with van der Waals surface area (Å²) < 4.78 is 5.19. The molecule has 0 unspecified atom stereocenters. The van der Waals surface area contributed by atoms with Crippen LogP contribution in [0.15, 0.2) is 9.64 Å². The Kier molecular flexibility index (Phi) is 4.54. The van der Waals surface area contributed by atoms with Crippen molar-refractivity contribution in [1.29, 1.82) is 0 Å². The van der Waals surface area contributed by atoms with Gasteiger partial charge in [-0.2, -0.15) is 0 Å². The summed E-state index contributed by atoms with van der Waals surface area (Å²) in [6.07, 6.45) is 4.31. The van der Waals surface area contributed by atoms with Crippen LogP contribution in [0, 0.1) is 6.92 Å². The second-order valence-corrected chi connectivity index (χ2v) is 6.90. The Labute approximate surface area is 130 Å². The third-order valence-electron chi connectivity index (χ3n) is 3.14. The summed E-state index contributed by atoms with van der Waals surface area (Å²) in [4.78, 5) is 17.8. The average Bonchev–Trinajstić information content (AvgIpc) is 3.12. The highest BCUT2D eigenvalue weighted by Crippen LogP contribution is 2.27. The lowest BCUT2D eigenvalue weighted by molar-refractivity contribution is -0.118. The standard InChI is InChI=1S/C13H16N4O2S2/c1-8-16-17-13(19-8)20-7-11(18)14-6-5-12-15-9-3-2-4-10(9)21-12/h2-7H2,1H3,(H,14,18). The second-order valence-electron chi connectivity index (χ2n) is 4.81. The number of rotatable bonds is 6.